The molecule has 0 spiro atoms. The zero-order valence-corrected chi connectivity index (χ0v) is 11.1. The van der Waals surface area contributed by atoms with Crippen LogP contribution in [0.3, 0.4) is 0 Å². The fourth-order valence-corrected chi connectivity index (χ4v) is 2.37. The molecule has 20 heavy (non-hydrogen) atoms. The summed E-state index contributed by atoms with van der Waals surface area (Å²) in [5.41, 5.74) is -0.881. The average Bonchev–Trinajstić information content (AvgIpc) is 2.89. The molecule has 0 bridgehead atoms. The molecule has 2 rings (SSSR count). The first-order valence-electron chi connectivity index (χ1n) is 6.58. The van der Waals surface area contributed by atoms with E-state index in [4.69, 9.17) is 4.74 Å². The van der Waals surface area contributed by atoms with Gasteiger partial charge in [0.15, 0.2) is 0 Å². The maximum Gasteiger partial charge on any atom is 0.416 e. The van der Waals surface area contributed by atoms with Gasteiger partial charge in [-0.3, -0.25) is 0 Å². The quantitative estimate of drug-likeness (QED) is 0.857. The van der Waals surface area contributed by atoms with E-state index >= 15 is 0 Å². The molecule has 0 aromatic heterocycles. The van der Waals surface area contributed by atoms with Gasteiger partial charge in [-0.15, -0.1) is 0 Å². The molecule has 1 saturated heterocycles. The maximum absolute atomic E-state index is 13.0. The molecule has 1 aliphatic rings. The second-order valence-corrected chi connectivity index (χ2v) is 5.02. The van der Waals surface area contributed by atoms with Crippen molar-refractivity contribution in [3.05, 3.63) is 35.1 Å². The summed E-state index contributed by atoms with van der Waals surface area (Å²) in [6, 6.07) is 2.72. The highest BCUT2D eigenvalue weighted by atomic mass is 19.4. The molecule has 1 heterocycles. The number of rotatable bonds is 4. The summed E-state index contributed by atoms with van der Waals surface area (Å²) in [5.74, 6) is -0.881. The highest BCUT2D eigenvalue weighted by molar-refractivity contribution is 5.30. The minimum Gasteiger partial charge on any atom is -0.377 e. The Labute approximate surface area is 115 Å². The highest BCUT2D eigenvalue weighted by Crippen LogP contribution is 2.32. The van der Waals surface area contributed by atoms with Crippen LogP contribution in [-0.4, -0.2) is 18.8 Å². The Morgan fingerprint density at radius 2 is 2.15 bits per heavy atom. The Bertz CT molecular complexity index is 455. The Morgan fingerprint density at radius 3 is 2.75 bits per heavy atom. The number of nitrogens with one attached hydrogen (secondary N) is 1. The van der Waals surface area contributed by atoms with E-state index in [9.17, 15) is 17.6 Å². The first-order valence-corrected chi connectivity index (χ1v) is 6.58. The Morgan fingerprint density at radius 1 is 1.40 bits per heavy atom. The van der Waals surface area contributed by atoms with E-state index in [0.717, 1.165) is 18.9 Å². The van der Waals surface area contributed by atoms with Crippen LogP contribution in [0.4, 0.5) is 17.6 Å². The van der Waals surface area contributed by atoms with Gasteiger partial charge in [0, 0.05) is 19.2 Å². The first kappa shape index (κ1) is 15.3. The zero-order valence-electron chi connectivity index (χ0n) is 11.1. The van der Waals surface area contributed by atoms with E-state index < -0.39 is 17.6 Å². The number of ether oxygens (including phenoxy) is 1. The highest BCUT2D eigenvalue weighted by Gasteiger charge is 2.34. The minimum atomic E-state index is -4.55. The molecule has 0 saturated carbocycles. The van der Waals surface area contributed by atoms with Crippen LogP contribution in [0, 0.1) is 5.82 Å². The molecule has 1 aliphatic heterocycles. The van der Waals surface area contributed by atoms with E-state index in [1.807, 2.05) is 6.92 Å². The van der Waals surface area contributed by atoms with Crippen molar-refractivity contribution in [1.82, 2.24) is 5.32 Å². The maximum atomic E-state index is 13.0. The molecular formula is C14H17F4NO. The summed E-state index contributed by atoms with van der Waals surface area (Å²) in [5, 5.41) is 3.03. The van der Waals surface area contributed by atoms with Crippen LogP contribution < -0.4 is 5.32 Å². The van der Waals surface area contributed by atoms with Gasteiger partial charge in [0.05, 0.1) is 11.7 Å². The molecule has 1 N–H and O–H groups in total. The third kappa shape index (κ3) is 3.70. The second kappa shape index (κ2) is 6.10. The Kier molecular flexibility index (Phi) is 4.65. The van der Waals surface area contributed by atoms with Gasteiger partial charge < -0.3 is 10.1 Å². The van der Waals surface area contributed by atoms with Crippen molar-refractivity contribution in [2.75, 3.05) is 6.61 Å². The van der Waals surface area contributed by atoms with Crippen molar-refractivity contribution in [3.8, 4) is 0 Å². The van der Waals surface area contributed by atoms with Gasteiger partial charge in [-0.1, -0.05) is 6.07 Å². The third-order valence-corrected chi connectivity index (χ3v) is 3.51. The van der Waals surface area contributed by atoms with Crippen molar-refractivity contribution >= 4 is 0 Å². The molecule has 0 radical (unpaired) electrons. The van der Waals surface area contributed by atoms with Gasteiger partial charge in [0.25, 0.3) is 0 Å². The topological polar surface area (TPSA) is 21.3 Å². The molecule has 2 unspecified atom stereocenters. The molecule has 1 fully saturated rings. The SMILES string of the molecule is CC(NCc1ccc(F)cc1C(F)(F)F)C1CCCO1. The summed E-state index contributed by atoms with van der Waals surface area (Å²) in [6.07, 6.45) is -2.64. The van der Waals surface area contributed by atoms with Crippen LogP contribution in [0.2, 0.25) is 0 Å². The Balaban J connectivity index is 2.05. The molecule has 1 aromatic rings. The van der Waals surface area contributed by atoms with Crippen LogP contribution in [0.5, 0.6) is 0 Å². The van der Waals surface area contributed by atoms with Crippen molar-refractivity contribution in [3.63, 3.8) is 0 Å². The monoisotopic (exact) mass is 291 g/mol. The molecule has 2 atom stereocenters. The molecule has 2 nitrogen and oxygen atoms in total. The van der Waals surface area contributed by atoms with Gasteiger partial charge in [-0.25, -0.2) is 4.39 Å². The van der Waals surface area contributed by atoms with E-state index in [-0.39, 0.29) is 24.3 Å². The molecule has 0 amide bonds. The predicted octanol–water partition coefficient (Wildman–Crippen LogP) is 3.50. The van der Waals surface area contributed by atoms with E-state index in [0.29, 0.717) is 12.7 Å². The lowest BCUT2D eigenvalue weighted by Gasteiger charge is -2.21. The van der Waals surface area contributed by atoms with Crippen LogP contribution in [-0.2, 0) is 17.5 Å². The largest absolute Gasteiger partial charge is 0.416 e. The first-order chi connectivity index (χ1) is 9.38. The normalized spacial score (nSPS) is 21.1. The van der Waals surface area contributed by atoms with Crippen molar-refractivity contribution in [1.29, 1.82) is 0 Å². The van der Waals surface area contributed by atoms with E-state index in [1.54, 1.807) is 0 Å². The minimum absolute atomic E-state index is 0.0322. The summed E-state index contributed by atoms with van der Waals surface area (Å²) < 4.78 is 57.0. The molecule has 0 aliphatic carbocycles. The molecule has 112 valence electrons. The van der Waals surface area contributed by atoms with Crippen molar-refractivity contribution in [2.45, 2.75) is 44.6 Å². The number of hydrogen-bond donors (Lipinski definition) is 1. The summed E-state index contributed by atoms with van der Waals surface area (Å²) in [6.45, 7) is 2.62. The fraction of sp³-hybridized carbons (Fsp3) is 0.571. The van der Waals surface area contributed by atoms with Gasteiger partial charge in [-0.05, 0) is 37.5 Å². The lowest BCUT2D eigenvalue weighted by atomic mass is 10.1. The van der Waals surface area contributed by atoms with Crippen LogP contribution in [0.25, 0.3) is 0 Å². The van der Waals surface area contributed by atoms with Crippen LogP contribution in [0.15, 0.2) is 18.2 Å². The van der Waals surface area contributed by atoms with Crippen molar-refractivity contribution < 1.29 is 22.3 Å². The second-order valence-electron chi connectivity index (χ2n) is 5.02. The summed E-state index contributed by atoms with van der Waals surface area (Å²) in [7, 11) is 0. The van der Waals surface area contributed by atoms with Gasteiger partial charge >= 0.3 is 6.18 Å². The van der Waals surface area contributed by atoms with E-state index in [1.165, 1.54) is 6.07 Å². The van der Waals surface area contributed by atoms with E-state index in [2.05, 4.69) is 5.32 Å². The zero-order chi connectivity index (χ0) is 14.8. The number of alkyl halides is 3. The van der Waals surface area contributed by atoms with Crippen LogP contribution in [0.1, 0.15) is 30.9 Å². The van der Waals surface area contributed by atoms with Gasteiger partial charge in [0.1, 0.15) is 5.82 Å². The standard InChI is InChI=1S/C14H17F4NO/c1-9(13-3-2-6-20-13)19-8-10-4-5-11(15)7-12(10)14(16,17)18/h4-5,7,9,13,19H,2-3,6,8H2,1H3. The predicted molar refractivity (Wildman–Crippen MR) is 66.7 cm³/mol. The molecular weight excluding hydrogens is 274 g/mol. The summed E-state index contributed by atoms with van der Waals surface area (Å²) in [4.78, 5) is 0. The van der Waals surface area contributed by atoms with Gasteiger partial charge in [-0.2, -0.15) is 13.2 Å². The lowest BCUT2D eigenvalue weighted by Crippen LogP contribution is -2.36. The molecule has 1 aromatic carbocycles. The Hall–Kier alpha value is -1.14. The lowest BCUT2D eigenvalue weighted by molar-refractivity contribution is -0.138. The van der Waals surface area contributed by atoms with Crippen LogP contribution >= 0.6 is 0 Å². The number of halogens is 4. The van der Waals surface area contributed by atoms with Crippen molar-refractivity contribution in [2.24, 2.45) is 0 Å². The fourth-order valence-electron chi connectivity index (χ4n) is 2.37. The number of hydrogen-bond acceptors (Lipinski definition) is 2. The summed E-state index contributed by atoms with van der Waals surface area (Å²) >= 11 is 0. The van der Waals surface area contributed by atoms with Gasteiger partial charge in [0.2, 0.25) is 0 Å². The average molecular weight is 291 g/mol. The molecule has 6 heteroatoms. The third-order valence-electron chi connectivity index (χ3n) is 3.51. The number of benzene rings is 1. The smallest absolute Gasteiger partial charge is 0.377 e.